The van der Waals surface area contributed by atoms with Gasteiger partial charge in [-0.1, -0.05) is 20.8 Å². The molecule has 0 saturated carbocycles. The molecule has 16 heavy (non-hydrogen) atoms. The van der Waals surface area contributed by atoms with Crippen molar-refractivity contribution in [1.29, 1.82) is 0 Å². The Morgan fingerprint density at radius 3 is 2.31 bits per heavy atom. The second-order valence-electron chi connectivity index (χ2n) is 5.70. The highest BCUT2D eigenvalue weighted by Crippen LogP contribution is 2.38. The van der Waals surface area contributed by atoms with Gasteiger partial charge in [0.25, 0.3) is 0 Å². The lowest BCUT2D eigenvalue weighted by Gasteiger charge is -2.32. The third kappa shape index (κ3) is 2.98. The summed E-state index contributed by atoms with van der Waals surface area (Å²) in [5.41, 5.74) is 0.619. The van der Waals surface area contributed by atoms with Crippen LogP contribution in [0.4, 0.5) is 0 Å². The highest BCUT2D eigenvalue weighted by molar-refractivity contribution is 4.91. The van der Waals surface area contributed by atoms with Crippen LogP contribution in [0.3, 0.4) is 0 Å². The molecule has 0 aromatic carbocycles. The van der Waals surface area contributed by atoms with Crippen LogP contribution < -0.4 is 5.32 Å². The fourth-order valence-electron chi connectivity index (χ4n) is 3.00. The fourth-order valence-corrected chi connectivity index (χ4v) is 3.00. The molecule has 1 rings (SSSR count). The average molecular weight is 226 g/mol. The van der Waals surface area contributed by atoms with Gasteiger partial charge >= 0.3 is 0 Å². The van der Waals surface area contributed by atoms with Crippen molar-refractivity contribution in [3.63, 3.8) is 0 Å². The van der Waals surface area contributed by atoms with Gasteiger partial charge in [0.2, 0.25) is 0 Å². The third-order valence-electron chi connectivity index (χ3n) is 4.89. The van der Waals surface area contributed by atoms with E-state index in [0.717, 1.165) is 12.5 Å². The molecule has 0 aromatic rings. The largest absolute Gasteiger partial charge is 0.319 e. The Morgan fingerprint density at radius 1 is 1.25 bits per heavy atom. The second kappa shape index (κ2) is 6.02. The molecule has 1 N–H and O–H groups in total. The first-order chi connectivity index (χ1) is 7.58. The van der Waals surface area contributed by atoms with E-state index in [9.17, 15) is 0 Å². The van der Waals surface area contributed by atoms with Crippen molar-refractivity contribution in [2.45, 2.75) is 53.0 Å². The zero-order valence-electron chi connectivity index (χ0n) is 11.8. The predicted octanol–water partition coefficient (Wildman–Crippen LogP) is 2.74. The maximum atomic E-state index is 3.29. The Bertz CT molecular complexity index is 199. The highest BCUT2D eigenvalue weighted by atomic mass is 15.2. The molecule has 1 aliphatic rings. The number of nitrogens with zero attached hydrogens (tertiary/aromatic N) is 1. The number of nitrogens with one attached hydrogen (secondary N) is 1. The Labute approximate surface area is 102 Å². The fraction of sp³-hybridized carbons (Fsp3) is 1.00. The van der Waals surface area contributed by atoms with Gasteiger partial charge in [0.05, 0.1) is 0 Å². The summed E-state index contributed by atoms with van der Waals surface area (Å²) < 4.78 is 0. The lowest BCUT2D eigenvalue weighted by Crippen LogP contribution is -2.40. The molecular weight excluding hydrogens is 196 g/mol. The zero-order chi connectivity index (χ0) is 12.2. The van der Waals surface area contributed by atoms with Gasteiger partial charge in [-0.3, -0.25) is 4.90 Å². The van der Waals surface area contributed by atoms with Crippen molar-refractivity contribution in [3.8, 4) is 0 Å². The molecule has 96 valence electrons. The Balaban J connectivity index is 2.51. The smallest absolute Gasteiger partial charge is 0.0105 e. The van der Waals surface area contributed by atoms with Crippen LogP contribution in [0.2, 0.25) is 0 Å². The minimum atomic E-state index is 0.619. The van der Waals surface area contributed by atoms with E-state index >= 15 is 0 Å². The summed E-state index contributed by atoms with van der Waals surface area (Å²) in [6, 6.07) is 0.715. The summed E-state index contributed by atoms with van der Waals surface area (Å²) in [6.07, 6.45) is 4.08. The standard InChI is InChI=1S/C14H30N2/c1-6-14(7-2)8-9-16(11-14)13(4)12(3)10-15-5/h12-13,15H,6-11H2,1-5H3. The van der Waals surface area contributed by atoms with E-state index < -0.39 is 0 Å². The molecule has 0 radical (unpaired) electrons. The minimum absolute atomic E-state index is 0.619. The van der Waals surface area contributed by atoms with Crippen LogP contribution >= 0.6 is 0 Å². The van der Waals surface area contributed by atoms with Crippen molar-refractivity contribution in [1.82, 2.24) is 10.2 Å². The van der Waals surface area contributed by atoms with Crippen molar-refractivity contribution < 1.29 is 0 Å². The van der Waals surface area contributed by atoms with Gasteiger partial charge < -0.3 is 5.32 Å². The number of rotatable bonds is 6. The van der Waals surface area contributed by atoms with Gasteiger partial charge in [0.1, 0.15) is 0 Å². The molecule has 0 aliphatic carbocycles. The van der Waals surface area contributed by atoms with E-state index in [1.54, 1.807) is 0 Å². The lowest BCUT2D eigenvalue weighted by atomic mass is 9.82. The quantitative estimate of drug-likeness (QED) is 0.749. The van der Waals surface area contributed by atoms with Crippen LogP contribution in [0, 0.1) is 11.3 Å². The Hall–Kier alpha value is -0.0800. The molecule has 0 amide bonds. The molecule has 2 heteroatoms. The topological polar surface area (TPSA) is 15.3 Å². The normalized spacial score (nSPS) is 24.6. The van der Waals surface area contributed by atoms with E-state index in [4.69, 9.17) is 0 Å². The molecule has 2 nitrogen and oxygen atoms in total. The summed E-state index contributed by atoms with van der Waals surface area (Å²) in [4.78, 5) is 2.70. The first-order valence-electron chi connectivity index (χ1n) is 6.97. The van der Waals surface area contributed by atoms with Crippen LogP contribution in [-0.4, -0.2) is 37.6 Å². The predicted molar refractivity (Wildman–Crippen MR) is 71.8 cm³/mol. The number of hydrogen-bond donors (Lipinski definition) is 1. The van der Waals surface area contributed by atoms with Gasteiger partial charge in [-0.25, -0.2) is 0 Å². The molecule has 0 bridgehead atoms. The first kappa shape index (κ1) is 14.0. The van der Waals surface area contributed by atoms with Crippen LogP contribution in [0.1, 0.15) is 47.0 Å². The summed E-state index contributed by atoms with van der Waals surface area (Å²) in [6.45, 7) is 13.2. The molecule has 1 heterocycles. The molecule has 1 saturated heterocycles. The van der Waals surface area contributed by atoms with E-state index in [-0.39, 0.29) is 0 Å². The monoisotopic (exact) mass is 226 g/mol. The summed E-state index contributed by atoms with van der Waals surface area (Å²) in [5, 5.41) is 3.29. The van der Waals surface area contributed by atoms with E-state index in [1.165, 1.54) is 32.4 Å². The van der Waals surface area contributed by atoms with Gasteiger partial charge in [-0.05, 0) is 57.7 Å². The van der Waals surface area contributed by atoms with Gasteiger partial charge in [0, 0.05) is 12.6 Å². The second-order valence-corrected chi connectivity index (χ2v) is 5.70. The summed E-state index contributed by atoms with van der Waals surface area (Å²) >= 11 is 0. The van der Waals surface area contributed by atoms with Crippen molar-refractivity contribution in [2.75, 3.05) is 26.7 Å². The first-order valence-corrected chi connectivity index (χ1v) is 6.97. The molecule has 2 unspecified atom stereocenters. The highest BCUT2D eigenvalue weighted by Gasteiger charge is 2.37. The van der Waals surface area contributed by atoms with Gasteiger partial charge in [0.15, 0.2) is 0 Å². The molecular formula is C14H30N2. The Kier molecular flexibility index (Phi) is 5.26. The average Bonchev–Trinajstić information content (AvgIpc) is 2.73. The van der Waals surface area contributed by atoms with Crippen LogP contribution in [0.15, 0.2) is 0 Å². The Morgan fingerprint density at radius 2 is 1.88 bits per heavy atom. The van der Waals surface area contributed by atoms with E-state index in [0.29, 0.717) is 11.5 Å². The SMILES string of the molecule is CCC1(CC)CCN(C(C)C(C)CNC)C1. The van der Waals surface area contributed by atoms with Gasteiger partial charge in [-0.15, -0.1) is 0 Å². The maximum absolute atomic E-state index is 3.29. The molecule has 1 fully saturated rings. The van der Waals surface area contributed by atoms with Crippen LogP contribution in [-0.2, 0) is 0 Å². The van der Waals surface area contributed by atoms with E-state index in [2.05, 4.69) is 45.0 Å². The van der Waals surface area contributed by atoms with Crippen LogP contribution in [0.25, 0.3) is 0 Å². The number of likely N-dealkylation sites (tertiary alicyclic amines) is 1. The molecule has 1 aliphatic heterocycles. The zero-order valence-corrected chi connectivity index (χ0v) is 11.8. The molecule has 0 aromatic heterocycles. The molecule has 0 spiro atoms. The van der Waals surface area contributed by atoms with Gasteiger partial charge in [-0.2, -0.15) is 0 Å². The van der Waals surface area contributed by atoms with Crippen molar-refractivity contribution in [3.05, 3.63) is 0 Å². The minimum Gasteiger partial charge on any atom is -0.319 e. The van der Waals surface area contributed by atoms with Crippen LogP contribution in [0.5, 0.6) is 0 Å². The van der Waals surface area contributed by atoms with E-state index in [1.807, 2.05) is 0 Å². The molecule has 2 atom stereocenters. The van der Waals surface area contributed by atoms with Crippen molar-refractivity contribution >= 4 is 0 Å². The van der Waals surface area contributed by atoms with Crippen molar-refractivity contribution in [2.24, 2.45) is 11.3 Å². The lowest BCUT2D eigenvalue weighted by molar-refractivity contribution is 0.164. The number of hydrogen-bond acceptors (Lipinski definition) is 2. The maximum Gasteiger partial charge on any atom is 0.0105 e. The third-order valence-corrected chi connectivity index (χ3v) is 4.89. The summed E-state index contributed by atoms with van der Waals surface area (Å²) in [5.74, 6) is 0.745. The summed E-state index contributed by atoms with van der Waals surface area (Å²) in [7, 11) is 2.05.